The summed E-state index contributed by atoms with van der Waals surface area (Å²) < 4.78 is 0. The Labute approximate surface area is 417 Å². The van der Waals surface area contributed by atoms with Crippen molar-refractivity contribution in [3.8, 4) is 78.7 Å². The minimum absolute atomic E-state index is 0.609. The first-order valence-electron chi connectivity index (χ1n) is 24.6. The Morgan fingerprint density at radius 3 is 1.35 bits per heavy atom. The third kappa shape index (κ3) is 7.18. The van der Waals surface area contributed by atoms with Gasteiger partial charge >= 0.3 is 0 Å². The number of hydrogen-bond acceptors (Lipinski definition) is 3. The van der Waals surface area contributed by atoms with E-state index in [1.165, 1.54) is 76.1 Å². The monoisotopic (exact) mass is 913 g/mol. The van der Waals surface area contributed by atoms with Crippen LogP contribution in [-0.2, 0) is 0 Å². The number of nitrogens with zero attached hydrogens (tertiary/aromatic N) is 3. The van der Waals surface area contributed by atoms with Gasteiger partial charge < -0.3 is 0 Å². The Morgan fingerprint density at radius 1 is 0.167 bits per heavy atom. The van der Waals surface area contributed by atoms with Crippen LogP contribution in [-0.4, -0.2) is 15.0 Å². The van der Waals surface area contributed by atoms with Gasteiger partial charge in [0.1, 0.15) is 0 Å². The molecule has 0 spiro atoms. The van der Waals surface area contributed by atoms with Crippen LogP contribution >= 0.6 is 0 Å². The molecule has 334 valence electrons. The van der Waals surface area contributed by atoms with E-state index in [-0.39, 0.29) is 0 Å². The van der Waals surface area contributed by atoms with Gasteiger partial charge in [-0.05, 0) is 121 Å². The van der Waals surface area contributed by atoms with Crippen molar-refractivity contribution < 1.29 is 0 Å². The lowest BCUT2D eigenvalue weighted by molar-refractivity contribution is 1.08. The van der Waals surface area contributed by atoms with Crippen LogP contribution in [0.5, 0.6) is 0 Å². The molecule has 72 heavy (non-hydrogen) atoms. The van der Waals surface area contributed by atoms with Crippen molar-refractivity contribution in [1.82, 2.24) is 15.0 Å². The third-order valence-electron chi connectivity index (χ3n) is 14.5. The Morgan fingerprint density at radius 2 is 0.597 bits per heavy atom. The molecule has 0 saturated heterocycles. The van der Waals surface area contributed by atoms with Crippen molar-refractivity contribution in [1.29, 1.82) is 0 Å². The maximum absolute atomic E-state index is 5.35. The van der Waals surface area contributed by atoms with Gasteiger partial charge in [0.2, 0.25) is 0 Å². The highest BCUT2D eigenvalue weighted by Gasteiger charge is 2.19. The predicted octanol–water partition coefficient (Wildman–Crippen LogP) is 18.5. The summed E-state index contributed by atoms with van der Waals surface area (Å²) in [6, 6.07) is 94.0. The first-order valence-corrected chi connectivity index (χ1v) is 24.6. The van der Waals surface area contributed by atoms with Crippen molar-refractivity contribution in [2.45, 2.75) is 0 Å². The molecule has 0 aliphatic carbocycles. The quantitative estimate of drug-likeness (QED) is 0.150. The molecule has 14 rings (SSSR count). The lowest BCUT2D eigenvalue weighted by Crippen LogP contribution is -2.01. The van der Waals surface area contributed by atoms with Gasteiger partial charge in [0.15, 0.2) is 17.5 Å². The normalized spacial score (nSPS) is 11.6. The van der Waals surface area contributed by atoms with Crippen LogP contribution in [0.2, 0.25) is 0 Å². The smallest absolute Gasteiger partial charge is 0.164 e. The van der Waals surface area contributed by atoms with E-state index < -0.39 is 0 Å². The average molecular weight is 914 g/mol. The standard InChI is InChI=1S/C69H43N3/c1-2-16-52-42-53(35-28-44(52)12-1)45-26-29-50(30-27-45)66-43-54(37-39-64(66)60-24-11-23-59-62-38-36-48-15-5-7-20-57(48)61(62)40-41-63(59)60)68-70-67(71-69(72-68)65-25-10-18-47-14-4-8-21-58(47)65)51-33-31-49(32-34-51)56-22-9-17-46-13-3-6-19-55(46)56/h1-43H. The topological polar surface area (TPSA) is 38.7 Å². The highest BCUT2D eigenvalue weighted by molar-refractivity contribution is 6.20. The van der Waals surface area contributed by atoms with E-state index >= 15 is 0 Å². The molecule has 0 fully saturated rings. The fourth-order valence-corrected chi connectivity index (χ4v) is 10.9. The third-order valence-corrected chi connectivity index (χ3v) is 14.5. The Hall–Kier alpha value is -9.57. The molecule has 0 amide bonds. The Kier molecular flexibility index (Phi) is 9.85. The lowest BCUT2D eigenvalue weighted by atomic mass is 9.88. The maximum atomic E-state index is 5.35. The van der Waals surface area contributed by atoms with Crippen LogP contribution in [0.3, 0.4) is 0 Å². The first kappa shape index (κ1) is 41.4. The molecule has 0 N–H and O–H groups in total. The number of benzene rings is 13. The highest BCUT2D eigenvalue weighted by atomic mass is 15.0. The van der Waals surface area contributed by atoms with Gasteiger partial charge in [-0.1, -0.05) is 249 Å². The molecule has 0 atom stereocenters. The molecule has 0 aliphatic rings. The van der Waals surface area contributed by atoms with E-state index in [0.29, 0.717) is 17.5 Å². The molecule has 0 bridgehead atoms. The van der Waals surface area contributed by atoms with Gasteiger partial charge in [0.25, 0.3) is 0 Å². The SMILES string of the molecule is c1ccc2cc(-c3ccc(-c4cc(-c5nc(-c6ccc(-c7cccc8ccccc78)cc6)nc(-c6cccc7ccccc67)n5)ccc4-c4cccc5c4ccc4c6ccccc6ccc54)cc3)ccc2c1. The van der Waals surface area contributed by atoms with Gasteiger partial charge in [-0.3, -0.25) is 0 Å². The minimum atomic E-state index is 0.609. The number of fused-ring (bicyclic) bond motifs is 8. The summed E-state index contributed by atoms with van der Waals surface area (Å²) in [5.74, 6) is 1.85. The summed E-state index contributed by atoms with van der Waals surface area (Å²) >= 11 is 0. The fraction of sp³-hybridized carbons (Fsp3) is 0. The van der Waals surface area contributed by atoms with Crippen LogP contribution in [0.1, 0.15) is 0 Å². The van der Waals surface area contributed by atoms with E-state index in [2.05, 4.69) is 261 Å². The molecule has 0 unspecified atom stereocenters. The number of aromatic nitrogens is 3. The van der Waals surface area contributed by atoms with Gasteiger partial charge in [0.05, 0.1) is 0 Å². The molecular formula is C69H43N3. The van der Waals surface area contributed by atoms with Gasteiger partial charge in [-0.15, -0.1) is 0 Å². The summed E-state index contributed by atoms with van der Waals surface area (Å²) in [4.78, 5) is 15.9. The lowest BCUT2D eigenvalue weighted by Gasteiger charge is -2.17. The van der Waals surface area contributed by atoms with Crippen molar-refractivity contribution in [2.75, 3.05) is 0 Å². The van der Waals surface area contributed by atoms with Gasteiger partial charge in [-0.2, -0.15) is 0 Å². The summed E-state index contributed by atoms with van der Waals surface area (Å²) in [6.07, 6.45) is 0. The van der Waals surface area contributed by atoms with Crippen LogP contribution in [0.25, 0.3) is 143 Å². The van der Waals surface area contributed by atoms with E-state index in [0.717, 1.165) is 49.7 Å². The van der Waals surface area contributed by atoms with E-state index in [1.807, 2.05) is 0 Å². The zero-order valence-corrected chi connectivity index (χ0v) is 39.2. The van der Waals surface area contributed by atoms with Crippen molar-refractivity contribution >= 4 is 64.6 Å². The van der Waals surface area contributed by atoms with Crippen molar-refractivity contribution in [3.63, 3.8) is 0 Å². The first-order chi connectivity index (χ1) is 35.7. The van der Waals surface area contributed by atoms with Crippen molar-refractivity contribution in [2.24, 2.45) is 0 Å². The number of rotatable bonds is 7. The summed E-state index contributed by atoms with van der Waals surface area (Å²) in [5, 5.41) is 14.6. The molecule has 1 heterocycles. The van der Waals surface area contributed by atoms with E-state index in [1.54, 1.807) is 0 Å². The second kappa shape index (κ2) is 17.1. The molecule has 3 heteroatoms. The van der Waals surface area contributed by atoms with Crippen LogP contribution in [0.4, 0.5) is 0 Å². The minimum Gasteiger partial charge on any atom is -0.208 e. The van der Waals surface area contributed by atoms with Crippen LogP contribution < -0.4 is 0 Å². The average Bonchev–Trinajstić information content (AvgIpc) is 3.46. The molecule has 14 aromatic rings. The zero-order valence-electron chi connectivity index (χ0n) is 39.2. The molecule has 0 aliphatic heterocycles. The summed E-state index contributed by atoms with van der Waals surface area (Å²) in [5.41, 5.74) is 12.0. The molecule has 0 saturated carbocycles. The van der Waals surface area contributed by atoms with Crippen LogP contribution in [0.15, 0.2) is 261 Å². The maximum Gasteiger partial charge on any atom is 0.164 e. The molecule has 1 aromatic heterocycles. The summed E-state index contributed by atoms with van der Waals surface area (Å²) in [7, 11) is 0. The zero-order chi connectivity index (χ0) is 47.5. The molecule has 0 radical (unpaired) electrons. The van der Waals surface area contributed by atoms with Gasteiger partial charge in [-0.25, -0.2) is 15.0 Å². The Balaban J connectivity index is 0.950. The molecule has 13 aromatic carbocycles. The van der Waals surface area contributed by atoms with Gasteiger partial charge in [0, 0.05) is 16.7 Å². The Bertz CT molecular complexity index is 4430. The molecular weight excluding hydrogens is 871 g/mol. The summed E-state index contributed by atoms with van der Waals surface area (Å²) in [6.45, 7) is 0. The number of hydrogen-bond donors (Lipinski definition) is 0. The largest absolute Gasteiger partial charge is 0.208 e. The predicted molar refractivity (Wildman–Crippen MR) is 303 cm³/mol. The highest BCUT2D eigenvalue weighted by Crippen LogP contribution is 2.42. The van der Waals surface area contributed by atoms with Crippen molar-refractivity contribution in [3.05, 3.63) is 261 Å². The fourth-order valence-electron chi connectivity index (χ4n) is 10.9. The molecule has 3 nitrogen and oxygen atoms in total. The second-order valence-corrected chi connectivity index (χ2v) is 18.7. The second-order valence-electron chi connectivity index (χ2n) is 18.7. The van der Waals surface area contributed by atoms with E-state index in [4.69, 9.17) is 15.0 Å². The van der Waals surface area contributed by atoms with E-state index in [9.17, 15) is 0 Å². The van der Waals surface area contributed by atoms with Crippen LogP contribution in [0, 0.1) is 0 Å².